The van der Waals surface area contributed by atoms with Gasteiger partial charge in [-0.15, -0.1) is 0 Å². The van der Waals surface area contributed by atoms with Gasteiger partial charge in [0.05, 0.1) is 5.54 Å². The van der Waals surface area contributed by atoms with E-state index in [1.807, 2.05) is 6.07 Å². The van der Waals surface area contributed by atoms with Gasteiger partial charge in [-0.2, -0.15) is 0 Å². The fraction of sp³-hybridized carbons (Fsp3) is 0.286. The average molecular weight is 318 g/mol. The van der Waals surface area contributed by atoms with Crippen molar-refractivity contribution in [1.82, 2.24) is 9.88 Å². The van der Waals surface area contributed by atoms with Crippen molar-refractivity contribution in [3.05, 3.63) is 66.0 Å². The summed E-state index contributed by atoms with van der Waals surface area (Å²) in [5.41, 5.74) is 4.76. The summed E-state index contributed by atoms with van der Waals surface area (Å²) in [6, 6.07) is 10.5. The molecule has 0 saturated carbocycles. The summed E-state index contributed by atoms with van der Waals surface area (Å²) in [5, 5.41) is 1.09. The fourth-order valence-corrected chi connectivity index (χ4v) is 3.37. The summed E-state index contributed by atoms with van der Waals surface area (Å²) in [7, 11) is 2.09. The Labute approximate surface area is 142 Å². The highest BCUT2D eigenvalue weighted by molar-refractivity contribution is 6.03. The van der Waals surface area contributed by atoms with Gasteiger partial charge < -0.3 is 9.32 Å². The summed E-state index contributed by atoms with van der Waals surface area (Å²) in [4.78, 5) is 7.06. The number of likely N-dealkylation sites (N-methyl/N-ethyl adjacent to an activating group) is 1. The minimum Gasteiger partial charge on any atom is -0.454 e. The highest BCUT2D eigenvalue weighted by Gasteiger charge is 2.31. The van der Waals surface area contributed by atoms with Gasteiger partial charge in [0, 0.05) is 23.7 Å². The van der Waals surface area contributed by atoms with E-state index in [1.54, 1.807) is 0 Å². The number of para-hydroxylation sites is 1. The van der Waals surface area contributed by atoms with Crippen molar-refractivity contribution in [2.45, 2.75) is 32.2 Å². The lowest BCUT2D eigenvalue weighted by atomic mass is 9.87. The maximum absolute atomic E-state index is 6.24. The summed E-state index contributed by atoms with van der Waals surface area (Å²) < 4.78 is 6.24. The molecule has 0 bridgehead atoms. The van der Waals surface area contributed by atoms with Crippen LogP contribution in [0, 0.1) is 0 Å². The molecule has 1 unspecified atom stereocenters. The number of nitrogens with zero attached hydrogens (tertiary/aromatic N) is 2. The molecule has 3 heterocycles. The molecule has 3 aromatic rings. The average Bonchev–Trinajstić information content (AvgIpc) is 2.95. The summed E-state index contributed by atoms with van der Waals surface area (Å²) >= 11 is 0. The number of aromatic nitrogens is 1. The number of furan rings is 1. The topological polar surface area (TPSA) is 29.3 Å². The van der Waals surface area contributed by atoms with Crippen LogP contribution in [0.1, 0.15) is 37.9 Å². The van der Waals surface area contributed by atoms with Gasteiger partial charge in [0.25, 0.3) is 0 Å². The Balaban J connectivity index is 2.00. The Kier molecular flexibility index (Phi) is 3.27. The third kappa shape index (κ3) is 2.08. The Morgan fingerprint density at radius 3 is 2.71 bits per heavy atom. The Hall–Kier alpha value is -2.55. The van der Waals surface area contributed by atoms with Crippen LogP contribution in [-0.2, 0) is 5.54 Å². The zero-order chi connectivity index (χ0) is 16.9. The number of hydrogen-bond acceptors (Lipinski definition) is 3. The maximum Gasteiger partial charge on any atom is 0.153 e. The predicted molar refractivity (Wildman–Crippen MR) is 99.0 cm³/mol. The molecule has 1 aromatic carbocycles. The lowest BCUT2D eigenvalue weighted by Crippen LogP contribution is -2.37. The standard InChI is InChI=1S/C21H22N2O/c1-14(2)17-10-11-18-19(22-17)15-8-7-9-16(20(15)24-18)21(3)12-5-6-13-23(21)4/h5-14H,1-4H3. The van der Waals surface area contributed by atoms with Gasteiger partial charge in [0.2, 0.25) is 0 Å². The zero-order valence-electron chi connectivity index (χ0n) is 14.6. The summed E-state index contributed by atoms with van der Waals surface area (Å²) in [6.45, 7) is 6.54. The predicted octanol–water partition coefficient (Wildman–Crippen LogP) is 5.33. The van der Waals surface area contributed by atoms with Crippen molar-refractivity contribution in [2.75, 3.05) is 7.05 Å². The summed E-state index contributed by atoms with van der Waals surface area (Å²) in [5.74, 6) is 0.401. The molecule has 122 valence electrons. The first-order chi connectivity index (χ1) is 11.5. The number of pyridine rings is 1. The van der Waals surface area contributed by atoms with E-state index in [9.17, 15) is 0 Å². The van der Waals surface area contributed by atoms with Crippen LogP contribution in [0.15, 0.2) is 59.2 Å². The van der Waals surface area contributed by atoms with E-state index in [4.69, 9.17) is 9.40 Å². The number of rotatable bonds is 2. The van der Waals surface area contributed by atoms with Crippen LogP contribution < -0.4 is 0 Å². The van der Waals surface area contributed by atoms with Gasteiger partial charge in [-0.05, 0) is 43.3 Å². The molecule has 0 aliphatic carbocycles. The van der Waals surface area contributed by atoms with Crippen LogP contribution in [0.5, 0.6) is 0 Å². The second-order valence-electron chi connectivity index (χ2n) is 6.98. The van der Waals surface area contributed by atoms with Crippen molar-refractivity contribution in [2.24, 2.45) is 0 Å². The van der Waals surface area contributed by atoms with E-state index in [0.717, 1.165) is 33.3 Å². The monoisotopic (exact) mass is 318 g/mol. The van der Waals surface area contributed by atoms with Gasteiger partial charge in [0.15, 0.2) is 5.58 Å². The van der Waals surface area contributed by atoms with Gasteiger partial charge >= 0.3 is 0 Å². The normalized spacial score (nSPS) is 20.6. The number of allylic oxidation sites excluding steroid dienone is 2. The first-order valence-electron chi connectivity index (χ1n) is 8.42. The molecule has 0 radical (unpaired) electrons. The van der Waals surface area contributed by atoms with E-state index >= 15 is 0 Å². The first kappa shape index (κ1) is 15.0. The molecule has 0 amide bonds. The molecular weight excluding hydrogens is 296 g/mol. The molecule has 0 saturated heterocycles. The molecule has 0 fully saturated rings. The molecule has 3 nitrogen and oxygen atoms in total. The van der Waals surface area contributed by atoms with Crippen molar-refractivity contribution >= 4 is 22.1 Å². The van der Waals surface area contributed by atoms with E-state index in [0.29, 0.717) is 5.92 Å². The molecule has 24 heavy (non-hydrogen) atoms. The maximum atomic E-state index is 6.24. The third-order valence-corrected chi connectivity index (χ3v) is 5.07. The van der Waals surface area contributed by atoms with E-state index < -0.39 is 0 Å². The molecule has 1 aliphatic rings. The van der Waals surface area contributed by atoms with Crippen LogP contribution in [0.3, 0.4) is 0 Å². The van der Waals surface area contributed by atoms with Crippen molar-refractivity contribution in [3.63, 3.8) is 0 Å². The largest absolute Gasteiger partial charge is 0.454 e. The zero-order valence-corrected chi connectivity index (χ0v) is 14.6. The molecule has 2 aromatic heterocycles. The fourth-order valence-electron chi connectivity index (χ4n) is 3.37. The number of fused-ring (bicyclic) bond motifs is 3. The van der Waals surface area contributed by atoms with E-state index in [-0.39, 0.29) is 5.54 Å². The molecule has 0 N–H and O–H groups in total. The van der Waals surface area contributed by atoms with Gasteiger partial charge in [-0.25, -0.2) is 4.98 Å². The molecule has 0 spiro atoms. The van der Waals surface area contributed by atoms with Crippen molar-refractivity contribution < 1.29 is 4.42 Å². The van der Waals surface area contributed by atoms with Crippen LogP contribution in [-0.4, -0.2) is 16.9 Å². The van der Waals surface area contributed by atoms with Crippen molar-refractivity contribution in [3.8, 4) is 0 Å². The lowest BCUT2D eigenvalue weighted by molar-refractivity contribution is 0.262. The Bertz CT molecular complexity index is 980. The molecule has 4 rings (SSSR count). The second kappa shape index (κ2) is 5.23. The van der Waals surface area contributed by atoms with E-state index in [1.165, 1.54) is 0 Å². The highest BCUT2D eigenvalue weighted by atomic mass is 16.3. The highest BCUT2D eigenvalue weighted by Crippen LogP contribution is 2.39. The first-order valence-corrected chi connectivity index (χ1v) is 8.42. The molecule has 3 heteroatoms. The van der Waals surface area contributed by atoms with Gasteiger partial charge in [0.1, 0.15) is 11.1 Å². The van der Waals surface area contributed by atoms with Crippen LogP contribution >= 0.6 is 0 Å². The smallest absolute Gasteiger partial charge is 0.153 e. The third-order valence-electron chi connectivity index (χ3n) is 5.07. The summed E-state index contributed by atoms with van der Waals surface area (Å²) in [6.07, 6.45) is 8.45. The van der Waals surface area contributed by atoms with Gasteiger partial charge in [-0.1, -0.05) is 38.1 Å². The van der Waals surface area contributed by atoms with E-state index in [2.05, 4.69) is 81.4 Å². The Morgan fingerprint density at radius 2 is 1.96 bits per heavy atom. The minimum absolute atomic E-state index is 0.233. The van der Waals surface area contributed by atoms with Crippen LogP contribution in [0.25, 0.3) is 22.1 Å². The lowest BCUT2D eigenvalue weighted by Gasteiger charge is -2.37. The molecular formula is C21H22N2O. The minimum atomic E-state index is -0.233. The number of benzene rings is 1. The van der Waals surface area contributed by atoms with Crippen LogP contribution in [0.2, 0.25) is 0 Å². The Morgan fingerprint density at radius 1 is 1.12 bits per heavy atom. The van der Waals surface area contributed by atoms with Crippen molar-refractivity contribution in [1.29, 1.82) is 0 Å². The van der Waals surface area contributed by atoms with Crippen LogP contribution in [0.4, 0.5) is 0 Å². The molecule has 1 aliphatic heterocycles. The molecule has 1 atom stereocenters. The van der Waals surface area contributed by atoms with Gasteiger partial charge in [-0.3, -0.25) is 0 Å². The second-order valence-corrected chi connectivity index (χ2v) is 6.98. The quantitative estimate of drug-likeness (QED) is 0.639. The SMILES string of the molecule is CC(C)c1ccc2oc3c(C4(C)C=CC=CN4C)cccc3c2n1. The number of hydrogen-bond donors (Lipinski definition) is 0.